The van der Waals surface area contributed by atoms with Crippen molar-refractivity contribution in [2.45, 2.75) is 32.4 Å². The Labute approximate surface area is 229 Å². The lowest BCUT2D eigenvalue weighted by atomic mass is 9.95. The molecular weight excluding hydrogens is 555 g/mol. The Kier molecular flexibility index (Phi) is 8.68. The smallest absolute Gasteiger partial charge is 0.489 e. The molecule has 4 aromatic rings. The zero-order valence-electron chi connectivity index (χ0n) is 20.6. The van der Waals surface area contributed by atoms with Crippen molar-refractivity contribution in [2.24, 2.45) is 5.92 Å². The van der Waals surface area contributed by atoms with Gasteiger partial charge < -0.3 is 14.6 Å². The second-order valence-corrected chi connectivity index (χ2v) is 9.12. The van der Waals surface area contributed by atoms with E-state index in [0.29, 0.717) is 22.2 Å². The van der Waals surface area contributed by atoms with Crippen LogP contribution >= 0.6 is 11.6 Å². The Hall–Kier alpha value is -4.45. The summed E-state index contributed by atoms with van der Waals surface area (Å²) >= 11 is 5.84. The van der Waals surface area contributed by atoms with Crippen LogP contribution in [0.2, 0.25) is 5.02 Å². The van der Waals surface area contributed by atoms with E-state index in [0.717, 1.165) is 10.7 Å². The van der Waals surface area contributed by atoms with Crippen molar-refractivity contribution in [2.75, 3.05) is 0 Å². The molecule has 13 heteroatoms. The summed E-state index contributed by atoms with van der Waals surface area (Å²) in [7, 11) is 0. The maximum Gasteiger partial charge on any atom is 0.573 e. The van der Waals surface area contributed by atoms with Gasteiger partial charge in [0.1, 0.15) is 23.6 Å². The highest BCUT2D eigenvalue weighted by Crippen LogP contribution is 2.31. The summed E-state index contributed by atoms with van der Waals surface area (Å²) in [4.78, 5) is 37.2. The van der Waals surface area contributed by atoms with Gasteiger partial charge in [-0.15, -0.1) is 18.3 Å². The molecule has 0 aliphatic rings. The SMILES string of the molecule is O=C(CC(CCn1nnc2ccccc2c1=O)C(=O)O)c1ccc(OCc2ccc(OC(F)(F)F)c(Cl)c2)cc1. The van der Waals surface area contributed by atoms with Gasteiger partial charge in [0.05, 0.1) is 16.3 Å². The van der Waals surface area contributed by atoms with Gasteiger partial charge in [-0.1, -0.05) is 35.0 Å². The first-order valence-electron chi connectivity index (χ1n) is 11.9. The molecule has 1 N–H and O–H groups in total. The van der Waals surface area contributed by atoms with Crippen molar-refractivity contribution in [3.63, 3.8) is 0 Å². The molecule has 40 heavy (non-hydrogen) atoms. The van der Waals surface area contributed by atoms with Crippen LogP contribution in [0.5, 0.6) is 11.5 Å². The molecule has 208 valence electrons. The first kappa shape index (κ1) is 28.6. The molecule has 1 atom stereocenters. The Morgan fingerprint density at radius 1 is 1.05 bits per heavy atom. The lowest BCUT2D eigenvalue weighted by Gasteiger charge is -2.13. The number of aliphatic carboxylic acids is 1. The van der Waals surface area contributed by atoms with E-state index in [-0.39, 0.29) is 36.6 Å². The second-order valence-electron chi connectivity index (χ2n) is 8.71. The number of nitrogens with zero attached hydrogens (tertiary/aromatic N) is 3. The molecule has 0 saturated carbocycles. The maximum atomic E-state index is 12.8. The zero-order valence-corrected chi connectivity index (χ0v) is 21.4. The number of fused-ring (bicyclic) bond motifs is 1. The first-order chi connectivity index (χ1) is 19.0. The summed E-state index contributed by atoms with van der Waals surface area (Å²) in [5, 5.41) is 17.6. The van der Waals surface area contributed by atoms with E-state index in [4.69, 9.17) is 16.3 Å². The average Bonchev–Trinajstić information content (AvgIpc) is 2.91. The first-order valence-corrected chi connectivity index (χ1v) is 12.2. The van der Waals surface area contributed by atoms with Gasteiger partial charge >= 0.3 is 12.3 Å². The number of alkyl halides is 3. The minimum Gasteiger partial charge on any atom is -0.489 e. The van der Waals surface area contributed by atoms with E-state index in [9.17, 15) is 32.7 Å². The highest BCUT2D eigenvalue weighted by atomic mass is 35.5. The van der Waals surface area contributed by atoms with E-state index in [1.54, 1.807) is 24.3 Å². The molecule has 0 saturated heterocycles. The van der Waals surface area contributed by atoms with E-state index in [1.807, 2.05) is 0 Å². The zero-order chi connectivity index (χ0) is 28.9. The van der Waals surface area contributed by atoms with E-state index >= 15 is 0 Å². The molecule has 0 amide bonds. The van der Waals surface area contributed by atoms with Crippen molar-refractivity contribution >= 4 is 34.3 Å². The highest BCUT2D eigenvalue weighted by Gasteiger charge is 2.32. The number of carboxylic acid groups (broad SMARTS) is 1. The number of ketones is 1. The number of aromatic nitrogens is 3. The quantitative estimate of drug-likeness (QED) is 0.240. The number of halogens is 4. The fraction of sp³-hybridized carbons (Fsp3) is 0.222. The third kappa shape index (κ3) is 7.35. The number of carboxylic acids is 1. The minimum absolute atomic E-state index is 0.00937. The Morgan fingerprint density at radius 2 is 1.77 bits per heavy atom. The normalized spacial score (nSPS) is 12.2. The fourth-order valence-corrected chi connectivity index (χ4v) is 4.09. The van der Waals surface area contributed by atoms with Crippen LogP contribution in [0.1, 0.15) is 28.8 Å². The standard InChI is InChI=1S/C27H21ClF3N3O6/c28-21-13-16(5-10-24(21)40-27(29,30)31)15-39-19-8-6-17(7-9-19)23(35)14-18(26(37)38)11-12-34-25(36)20-3-1-2-4-22(20)32-33-34/h1-10,13,18H,11-12,14-15H2,(H,37,38). The second kappa shape index (κ2) is 12.2. The van der Waals surface area contributed by atoms with Gasteiger partial charge in [-0.2, -0.15) is 0 Å². The summed E-state index contributed by atoms with van der Waals surface area (Å²) in [6.45, 7) is -0.0432. The van der Waals surface area contributed by atoms with Crippen LogP contribution < -0.4 is 15.0 Å². The molecule has 0 spiro atoms. The number of benzene rings is 3. The van der Waals surface area contributed by atoms with Crippen molar-refractivity contribution < 1.29 is 37.3 Å². The molecule has 0 bridgehead atoms. The minimum atomic E-state index is -4.86. The van der Waals surface area contributed by atoms with E-state index in [1.165, 1.54) is 36.4 Å². The van der Waals surface area contributed by atoms with Gasteiger partial charge in [0, 0.05) is 18.5 Å². The van der Waals surface area contributed by atoms with Crippen molar-refractivity contribution in [1.29, 1.82) is 0 Å². The maximum absolute atomic E-state index is 12.8. The number of aryl methyl sites for hydroxylation is 1. The van der Waals surface area contributed by atoms with Gasteiger partial charge in [-0.3, -0.25) is 14.4 Å². The van der Waals surface area contributed by atoms with Gasteiger partial charge in [-0.25, -0.2) is 4.68 Å². The molecule has 9 nitrogen and oxygen atoms in total. The van der Waals surface area contributed by atoms with Crippen molar-refractivity contribution in [3.05, 3.63) is 93.2 Å². The molecule has 1 aromatic heterocycles. The number of carbonyl (C=O) groups excluding carboxylic acids is 1. The van der Waals surface area contributed by atoms with Crippen LogP contribution in [-0.2, 0) is 17.9 Å². The summed E-state index contributed by atoms with van der Waals surface area (Å²) in [6.07, 6.45) is -5.17. The number of hydrogen-bond donors (Lipinski definition) is 1. The summed E-state index contributed by atoms with van der Waals surface area (Å²) < 4.78 is 47.7. The number of carbonyl (C=O) groups is 2. The fourth-order valence-electron chi connectivity index (χ4n) is 3.85. The van der Waals surface area contributed by atoms with Crippen LogP contribution in [0.25, 0.3) is 10.9 Å². The molecule has 0 aliphatic carbocycles. The van der Waals surface area contributed by atoms with E-state index in [2.05, 4.69) is 15.0 Å². The Balaban J connectivity index is 1.33. The molecule has 0 aliphatic heterocycles. The predicted octanol–water partition coefficient (Wildman–Crippen LogP) is 5.29. The van der Waals surface area contributed by atoms with Crippen molar-refractivity contribution in [3.8, 4) is 11.5 Å². The molecule has 4 rings (SSSR count). The lowest BCUT2D eigenvalue weighted by molar-refractivity contribution is -0.274. The van der Waals surface area contributed by atoms with Gasteiger partial charge in [0.25, 0.3) is 5.56 Å². The van der Waals surface area contributed by atoms with Gasteiger partial charge in [-0.05, 0) is 60.5 Å². The Morgan fingerprint density at radius 3 is 2.45 bits per heavy atom. The monoisotopic (exact) mass is 575 g/mol. The predicted molar refractivity (Wildman–Crippen MR) is 137 cm³/mol. The summed E-state index contributed by atoms with van der Waals surface area (Å²) in [5.41, 5.74) is 0.778. The number of hydrogen-bond acceptors (Lipinski definition) is 7. The third-order valence-electron chi connectivity index (χ3n) is 5.90. The molecule has 1 unspecified atom stereocenters. The molecule has 0 radical (unpaired) electrons. The van der Waals surface area contributed by atoms with Crippen LogP contribution in [0.15, 0.2) is 71.5 Å². The van der Waals surface area contributed by atoms with Crippen molar-refractivity contribution in [1.82, 2.24) is 15.0 Å². The van der Waals surface area contributed by atoms with E-state index < -0.39 is 35.3 Å². The molecule has 0 fully saturated rings. The highest BCUT2D eigenvalue weighted by molar-refractivity contribution is 6.32. The van der Waals surface area contributed by atoms with Gasteiger partial charge in [0.2, 0.25) is 0 Å². The molecule has 1 heterocycles. The summed E-state index contributed by atoms with van der Waals surface area (Å²) in [5.74, 6) is -2.81. The number of ether oxygens (including phenoxy) is 2. The Bertz CT molecular complexity index is 1590. The largest absolute Gasteiger partial charge is 0.573 e. The van der Waals surface area contributed by atoms with Crippen LogP contribution in [-0.4, -0.2) is 38.2 Å². The average molecular weight is 576 g/mol. The van der Waals surface area contributed by atoms with Crippen LogP contribution in [0.3, 0.4) is 0 Å². The molecular formula is C27H21ClF3N3O6. The lowest BCUT2D eigenvalue weighted by Crippen LogP contribution is -2.27. The number of Topliss-reactive ketones (excluding diaryl/α,β-unsaturated/α-hetero) is 1. The van der Waals surface area contributed by atoms with Gasteiger partial charge in [0.15, 0.2) is 5.78 Å². The van der Waals surface area contributed by atoms with Crippen LogP contribution in [0.4, 0.5) is 13.2 Å². The third-order valence-corrected chi connectivity index (χ3v) is 6.20. The molecule has 3 aromatic carbocycles. The number of rotatable bonds is 11. The topological polar surface area (TPSA) is 121 Å². The summed E-state index contributed by atoms with van der Waals surface area (Å²) in [6, 6.07) is 16.4. The van der Waals surface area contributed by atoms with Crippen LogP contribution in [0, 0.1) is 5.92 Å².